The smallest absolute Gasteiger partial charge is 0.357 e. The van der Waals surface area contributed by atoms with Crippen LogP contribution in [-0.2, 0) is 13.6 Å². The first kappa shape index (κ1) is 26.1. The molecule has 0 bridgehead atoms. The maximum absolute atomic E-state index is 14.0. The van der Waals surface area contributed by atoms with E-state index in [9.17, 15) is 14.2 Å². The molecule has 0 saturated carbocycles. The lowest BCUT2D eigenvalue weighted by Gasteiger charge is -2.26. The number of nitrogens with zero attached hydrogens (tertiary/aromatic N) is 1. The van der Waals surface area contributed by atoms with Crippen molar-refractivity contribution in [2.24, 2.45) is 0 Å². The first-order valence-electron chi connectivity index (χ1n) is 12.1. The molecule has 0 aliphatic heterocycles. The van der Waals surface area contributed by atoms with E-state index in [4.69, 9.17) is 13.5 Å². The maximum atomic E-state index is 14.0. The van der Waals surface area contributed by atoms with Gasteiger partial charge in [-0.05, 0) is 56.5 Å². The number of hydrogen-bond donors (Lipinski definition) is 2. The van der Waals surface area contributed by atoms with Crippen LogP contribution in [0.25, 0.3) is 32.3 Å². The number of H-pyrrole nitrogens is 1. The van der Waals surface area contributed by atoms with Crippen molar-refractivity contribution in [1.82, 2.24) is 9.97 Å². The molecule has 1 atom stereocenters. The molecule has 5 aromatic rings. The van der Waals surface area contributed by atoms with Crippen LogP contribution >= 0.6 is 18.9 Å². The van der Waals surface area contributed by atoms with Gasteiger partial charge in [0.1, 0.15) is 5.58 Å². The van der Waals surface area contributed by atoms with E-state index in [2.05, 4.69) is 15.3 Å². The number of para-hydroxylation sites is 1. The molecular formula is C27H26N3O6PS. The van der Waals surface area contributed by atoms with Crippen LogP contribution in [-0.4, -0.2) is 23.2 Å². The molecule has 0 aliphatic rings. The summed E-state index contributed by atoms with van der Waals surface area (Å²) < 4.78 is 30.7. The molecule has 3 heterocycles. The van der Waals surface area contributed by atoms with Gasteiger partial charge in [0, 0.05) is 17.1 Å². The van der Waals surface area contributed by atoms with E-state index in [-0.39, 0.29) is 18.8 Å². The number of rotatable bonds is 9. The summed E-state index contributed by atoms with van der Waals surface area (Å²) in [6.07, 6.45) is 1.53. The minimum Gasteiger partial charge on any atom is -0.422 e. The molecule has 1 unspecified atom stereocenters. The van der Waals surface area contributed by atoms with E-state index < -0.39 is 24.6 Å². The number of benzene rings is 2. The van der Waals surface area contributed by atoms with Gasteiger partial charge in [-0.2, -0.15) is 0 Å². The Balaban J connectivity index is 1.59. The molecular weight excluding hydrogens is 525 g/mol. The molecule has 2 aromatic carbocycles. The van der Waals surface area contributed by atoms with Crippen LogP contribution in [0.5, 0.6) is 0 Å². The van der Waals surface area contributed by atoms with Gasteiger partial charge in [0.05, 0.1) is 29.2 Å². The third-order valence-corrected chi connectivity index (χ3v) is 9.17. The molecule has 2 N–H and O–H groups in total. The highest BCUT2D eigenvalue weighted by Gasteiger charge is 2.39. The Kier molecular flexibility index (Phi) is 7.32. The van der Waals surface area contributed by atoms with E-state index >= 15 is 0 Å². The van der Waals surface area contributed by atoms with Crippen molar-refractivity contribution >= 4 is 45.9 Å². The van der Waals surface area contributed by atoms with Crippen molar-refractivity contribution in [2.75, 3.05) is 18.5 Å². The van der Waals surface area contributed by atoms with Crippen LogP contribution in [0.1, 0.15) is 30.8 Å². The number of pyridine rings is 1. The summed E-state index contributed by atoms with van der Waals surface area (Å²) in [5, 5.41) is 5.00. The molecule has 0 aliphatic carbocycles. The average Bonchev–Trinajstić information content (AvgIpc) is 3.35. The topological polar surface area (TPSA) is 124 Å². The summed E-state index contributed by atoms with van der Waals surface area (Å²) in [7, 11) is -3.88. The summed E-state index contributed by atoms with van der Waals surface area (Å²) in [5.74, 6) is -1.15. The molecule has 9 nitrogen and oxygen atoms in total. The van der Waals surface area contributed by atoms with Crippen molar-refractivity contribution in [1.29, 1.82) is 0 Å². The second-order valence-corrected chi connectivity index (χ2v) is 11.7. The van der Waals surface area contributed by atoms with E-state index in [1.807, 2.05) is 37.3 Å². The standard InChI is InChI=1S/C27H26N3O6PS/c1-4-34-37(33,35-5-2)25(20-14-18-12-16(3)10-11-21(18)29-24(20)31)30-27-28-15-23(38-27)19-13-17-8-6-7-9-22(17)36-26(19)32/h6-15,25H,4-5H2,1-3H3,(H,28,30)(H,29,31). The SMILES string of the molecule is CCOP(=O)(OCC)C(Nc1ncc(-c2cc3ccccc3oc2=O)s1)c1cc2cc(C)ccc2[nH]c1=O. The van der Waals surface area contributed by atoms with Gasteiger partial charge in [-0.25, -0.2) is 9.78 Å². The Bertz CT molecular complexity index is 1780. The van der Waals surface area contributed by atoms with Crippen LogP contribution in [0.15, 0.2) is 74.8 Å². The molecule has 0 saturated heterocycles. The van der Waals surface area contributed by atoms with E-state index in [1.165, 1.54) is 17.5 Å². The minimum atomic E-state index is -3.88. The third-order valence-electron chi connectivity index (χ3n) is 5.93. The number of nitrogens with one attached hydrogen (secondary N) is 2. The van der Waals surface area contributed by atoms with Crippen molar-refractivity contribution < 1.29 is 18.0 Å². The first-order chi connectivity index (χ1) is 18.3. The fourth-order valence-corrected chi connectivity index (χ4v) is 7.08. The largest absolute Gasteiger partial charge is 0.422 e. The summed E-state index contributed by atoms with van der Waals surface area (Å²) in [5.41, 5.74) is 1.78. The summed E-state index contributed by atoms with van der Waals surface area (Å²) in [6, 6.07) is 16.3. The quantitative estimate of drug-likeness (QED) is 0.158. The molecule has 5 rings (SSSR count). The van der Waals surface area contributed by atoms with Gasteiger partial charge in [0.2, 0.25) is 0 Å². The Labute approximate surface area is 222 Å². The van der Waals surface area contributed by atoms with Gasteiger partial charge in [-0.1, -0.05) is 41.2 Å². The van der Waals surface area contributed by atoms with Gasteiger partial charge in [0.25, 0.3) is 5.56 Å². The van der Waals surface area contributed by atoms with Crippen molar-refractivity contribution in [3.8, 4) is 10.4 Å². The highest BCUT2D eigenvalue weighted by Crippen LogP contribution is 2.60. The lowest BCUT2D eigenvalue weighted by Crippen LogP contribution is -2.23. The number of aromatic nitrogens is 2. The predicted octanol–water partition coefficient (Wildman–Crippen LogP) is 6.44. The average molecular weight is 552 g/mol. The zero-order chi connectivity index (χ0) is 26.9. The van der Waals surface area contributed by atoms with Gasteiger partial charge >= 0.3 is 13.2 Å². The number of anilines is 1. The normalized spacial score (nSPS) is 12.7. The fraction of sp³-hybridized carbons (Fsp3) is 0.222. The molecule has 196 valence electrons. The molecule has 3 aromatic heterocycles. The maximum Gasteiger partial charge on any atom is 0.357 e. The van der Waals surface area contributed by atoms with Crippen molar-refractivity contribution in [2.45, 2.75) is 26.6 Å². The van der Waals surface area contributed by atoms with Crippen molar-refractivity contribution in [3.05, 3.63) is 92.7 Å². The Hall–Kier alpha value is -3.56. The minimum absolute atomic E-state index is 0.112. The molecule has 0 radical (unpaired) electrons. The molecule has 38 heavy (non-hydrogen) atoms. The number of aryl methyl sites for hydroxylation is 1. The Morgan fingerprint density at radius 3 is 2.58 bits per heavy atom. The number of fused-ring (bicyclic) bond motifs is 2. The molecule has 0 amide bonds. The van der Waals surface area contributed by atoms with Gasteiger partial charge in [-0.15, -0.1) is 0 Å². The monoisotopic (exact) mass is 551 g/mol. The third kappa shape index (κ3) is 5.08. The Morgan fingerprint density at radius 2 is 1.82 bits per heavy atom. The summed E-state index contributed by atoms with van der Waals surface area (Å²) >= 11 is 1.17. The zero-order valence-electron chi connectivity index (χ0n) is 21.0. The Morgan fingerprint density at radius 1 is 1.05 bits per heavy atom. The van der Waals surface area contributed by atoms with Gasteiger partial charge in [-0.3, -0.25) is 9.36 Å². The zero-order valence-corrected chi connectivity index (χ0v) is 22.7. The van der Waals surface area contributed by atoms with E-state index in [0.29, 0.717) is 26.7 Å². The number of thiazole rings is 1. The van der Waals surface area contributed by atoms with Gasteiger partial charge < -0.3 is 23.8 Å². The highest BCUT2D eigenvalue weighted by atomic mass is 32.1. The lowest BCUT2D eigenvalue weighted by atomic mass is 10.1. The lowest BCUT2D eigenvalue weighted by molar-refractivity contribution is 0.214. The molecule has 11 heteroatoms. The summed E-state index contributed by atoms with van der Waals surface area (Å²) in [4.78, 5) is 33.7. The first-order valence-corrected chi connectivity index (χ1v) is 14.5. The van der Waals surface area contributed by atoms with Gasteiger partial charge in [0.15, 0.2) is 10.9 Å². The van der Waals surface area contributed by atoms with E-state index in [1.54, 1.807) is 38.1 Å². The van der Waals surface area contributed by atoms with Crippen LogP contribution in [0.2, 0.25) is 0 Å². The second kappa shape index (κ2) is 10.7. The number of hydrogen-bond acceptors (Lipinski definition) is 9. The second-order valence-electron chi connectivity index (χ2n) is 8.58. The number of aromatic amines is 1. The molecule has 0 spiro atoms. The van der Waals surface area contributed by atoms with Crippen LogP contribution in [0, 0.1) is 6.92 Å². The van der Waals surface area contributed by atoms with Crippen LogP contribution in [0.3, 0.4) is 0 Å². The molecule has 0 fully saturated rings. The van der Waals surface area contributed by atoms with Crippen molar-refractivity contribution in [3.63, 3.8) is 0 Å². The fourth-order valence-electron chi connectivity index (χ4n) is 4.24. The van der Waals surface area contributed by atoms with Crippen LogP contribution < -0.4 is 16.5 Å². The predicted molar refractivity (Wildman–Crippen MR) is 150 cm³/mol. The summed E-state index contributed by atoms with van der Waals surface area (Å²) in [6.45, 7) is 5.59. The van der Waals surface area contributed by atoms with E-state index in [0.717, 1.165) is 16.3 Å². The highest BCUT2D eigenvalue weighted by molar-refractivity contribution is 7.54. The van der Waals surface area contributed by atoms with Crippen LogP contribution in [0.4, 0.5) is 5.13 Å².